The summed E-state index contributed by atoms with van der Waals surface area (Å²) < 4.78 is 2.00. The van der Waals surface area contributed by atoms with E-state index in [0.717, 1.165) is 18.7 Å². The van der Waals surface area contributed by atoms with E-state index in [-0.39, 0.29) is 36.8 Å². The number of imidazole rings is 1. The van der Waals surface area contributed by atoms with Crippen LogP contribution in [0.15, 0.2) is 42.9 Å². The third kappa shape index (κ3) is 6.91. The zero-order valence-electron chi connectivity index (χ0n) is 14.0. The molecule has 0 spiro atoms. The zero-order valence-corrected chi connectivity index (χ0v) is 15.6. The molecule has 0 bridgehead atoms. The van der Waals surface area contributed by atoms with Gasteiger partial charge in [-0.1, -0.05) is 37.3 Å². The highest BCUT2D eigenvalue weighted by Crippen LogP contribution is 2.05. The van der Waals surface area contributed by atoms with Gasteiger partial charge in [0.25, 0.3) is 0 Å². The fourth-order valence-electron chi connectivity index (χ4n) is 2.16. The minimum atomic E-state index is -0.561. The first-order chi connectivity index (χ1) is 10.6. The molecule has 5 nitrogen and oxygen atoms in total. The summed E-state index contributed by atoms with van der Waals surface area (Å²) in [5.74, 6) is -0.119. The molecule has 24 heavy (non-hydrogen) atoms. The minimum absolute atomic E-state index is 0. The van der Waals surface area contributed by atoms with Crippen molar-refractivity contribution in [3.8, 4) is 0 Å². The number of amides is 1. The van der Waals surface area contributed by atoms with Crippen LogP contribution >= 0.6 is 24.8 Å². The summed E-state index contributed by atoms with van der Waals surface area (Å²) in [6.45, 7) is 4.77. The van der Waals surface area contributed by atoms with Gasteiger partial charge in [0.15, 0.2) is 0 Å². The lowest BCUT2D eigenvalue weighted by atomic mass is 10.1. The van der Waals surface area contributed by atoms with Crippen LogP contribution in [0.4, 0.5) is 0 Å². The Morgan fingerprint density at radius 2 is 1.96 bits per heavy atom. The number of hydrogen-bond acceptors (Lipinski definition) is 3. The van der Waals surface area contributed by atoms with Gasteiger partial charge < -0.3 is 15.6 Å². The van der Waals surface area contributed by atoms with Crippen molar-refractivity contribution in [1.29, 1.82) is 0 Å². The second kappa shape index (κ2) is 11.1. The molecule has 134 valence electrons. The highest BCUT2D eigenvalue weighted by atomic mass is 35.5. The number of nitrogens with two attached hydrogens (primary N) is 1. The molecule has 0 saturated heterocycles. The Kier molecular flexibility index (Phi) is 10.4. The molecule has 0 aliphatic rings. The maximum absolute atomic E-state index is 11.9. The topological polar surface area (TPSA) is 72.9 Å². The van der Waals surface area contributed by atoms with Crippen LogP contribution in [0.3, 0.4) is 0 Å². The molecule has 2 rings (SSSR count). The quantitative estimate of drug-likeness (QED) is 0.784. The van der Waals surface area contributed by atoms with Crippen molar-refractivity contribution in [1.82, 2.24) is 14.9 Å². The van der Waals surface area contributed by atoms with Gasteiger partial charge in [0.05, 0.1) is 18.1 Å². The van der Waals surface area contributed by atoms with Crippen molar-refractivity contribution in [2.24, 2.45) is 5.73 Å². The van der Waals surface area contributed by atoms with Gasteiger partial charge in [-0.15, -0.1) is 24.8 Å². The van der Waals surface area contributed by atoms with Crippen LogP contribution in [0.5, 0.6) is 0 Å². The smallest absolute Gasteiger partial charge is 0.237 e. The van der Waals surface area contributed by atoms with Gasteiger partial charge in [0, 0.05) is 25.2 Å². The lowest BCUT2D eigenvalue weighted by Crippen LogP contribution is -2.45. The molecule has 1 amide bonds. The first-order valence-electron chi connectivity index (χ1n) is 7.69. The summed E-state index contributed by atoms with van der Waals surface area (Å²) >= 11 is 0. The van der Waals surface area contributed by atoms with Gasteiger partial charge in [0.2, 0.25) is 5.91 Å². The lowest BCUT2D eigenvalue weighted by Gasteiger charge is -2.15. The van der Waals surface area contributed by atoms with Gasteiger partial charge in [-0.3, -0.25) is 4.79 Å². The average Bonchev–Trinajstić information content (AvgIpc) is 2.95. The van der Waals surface area contributed by atoms with Crippen LogP contribution in [0.1, 0.15) is 31.5 Å². The molecule has 1 aromatic carbocycles. The first kappa shape index (κ1) is 22.4. The Labute approximate surface area is 155 Å². The third-order valence-electron chi connectivity index (χ3n) is 3.66. The fraction of sp³-hybridized carbons (Fsp3) is 0.412. The van der Waals surface area contributed by atoms with E-state index in [2.05, 4.69) is 22.4 Å². The van der Waals surface area contributed by atoms with Gasteiger partial charge in [-0.25, -0.2) is 4.98 Å². The standard InChI is InChI=1S/C17H24N4O.2ClH/c1-3-13(2)20-17(22)16(18)9-15-11-21(12-19-15)10-14-7-5-4-6-8-14;;/h4-8,11-13,16H,3,9-10,18H2,1-2H3,(H,20,22);2*1H/t13?,16-;;/m0../s1. The SMILES string of the molecule is CCC(C)NC(=O)[C@@H](N)Cc1cn(Cc2ccccc2)cn1.Cl.Cl. The fourth-order valence-corrected chi connectivity index (χ4v) is 2.16. The van der Waals surface area contributed by atoms with E-state index >= 15 is 0 Å². The zero-order chi connectivity index (χ0) is 15.9. The van der Waals surface area contributed by atoms with E-state index in [1.54, 1.807) is 6.33 Å². The minimum Gasteiger partial charge on any atom is -0.352 e. The third-order valence-corrected chi connectivity index (χ3v) is 3.66. The Morgan fingerprint density at radius 3 is 2.58 bits per heavy atom. The molecular formula is C17H26Cl2N4O. The van der Waals surface area contributed by atoms with E-state index in [0.29, 0.717) is 6.42 Å². The molecule has 2 atom stereocenters. The van der Waals surface area contributed by atoms with Crippen LogP contribution in [0.2, 0.25) is 0 Å². The van der Waals surface area contributed by atoms with Crippen LogP contribution in [-0.4, -0.2) is 27.5 Å². The maximum Gasteiger partial charge on any atom is 0.237 e. The molecule has 0 aliphatic carbocycles. The number of nitrogens with zero attached hydrogens (tertiary/aromatic N) is 2. The summed E-state index contributed by atoms with van der Waals surface area (Å²) in [6.07, 6.45) is 5.07. The molecule has 0 saturated carbocycles. The molecular weight excluding hydrogens is 347 g/mol. The lowest BCUT2D eigenvalue weighted by molar-refractivity contribution is -0.122. The number of hydrogen-bond donors (Lipinski definition) is 2. The van der Waals surface area contributed by atoms with Crippen molar-refractivity contribution in [3.63, 3.8) is 0 Å². The highest BCUT2D eigenvalue weighted by Gasteiger charge is 2.16. The number of carbonyl (C=O) groups excluding carboxylic acids is 1. The molecule has 1 unspecified atom stereocenters. The largest absolute Gasteiger partial charge is 0.352 e. The maximum atomic E-state index is 11.9. The molecule has 3 N–H and O–H groups in total. The van der Waals surface area contributed by atoms with Gasteiger partial charge in [-0.2, -0.15) is 0 Å². The summed E-state index contributed by atoms with van der Waals surface area (Å²) in [4.78, 5) is 16.3. The van der Waals surface area contributed by atoms with Crippen LogP contribution in [0, 0.1) is 0 Å². The van der Waals surface area contributed by atoms with Crippen LogP contribution in [0.25, 0.3) is 0 Å². The van der Waals surface area contributed by atoms with E-state index in [1.165, 1.54) is 5.56 Å². The van der Waals surface area contributed by atoms with Gasteiger partial charge in [0.1, 0.15) is 0 Å². The number of carbonyl (C=O) groups is 1. The Morgan fingerprint density at radius 1 is 1.29 bits per heavy atom. The Bertz CT molecular complexity index is 604. The van der Waals surface area contributed by atoms with Crippen molar-refractivity contribution >= 4 is 30.7 Å². The molecule has 1 aromatic heterocycles. The molecule has 0 aliphatic heterocycles. The van der Waals surface area contributed by atoms with Crippen molar-refractivity contribution in [2.45, 2.75) is 45.3 Å². The van der Waals surface area contributed by atoms with E-state index in [9.17, 15) is 4.79 Å². The summed E-state index contributed by atoms with van der Waals surface area (Å²) in [6, 6.07) is 9.77. The van der Waals surface area contributed by atoms with Crippen molar-refractivity contribution in [3.05, 3.63) is 54.1 Å². The summed E-state index contributed by atoms with van der Waals surface area (Å²) in [5, 5.41) is 2.90. The molecule has 1 heterocycles. The van der Waals surface area contributed by atoms with Crippen molar-refractivity contribution in [2.75, 3.05) is 0 Å². The second-order valence-corrected chi connectivity index (χ2v) is 5.65. The molecule has 7 heteroatoms. The van der Waals surface area contributed by atoms with E-state index < -0.39 is 6.04 Å². The summed E-state index contributed by atoms with van der Waals surface area (Å²) in [5.41, 5.74) is 8.00. The normalized spacial score (nSPS) is 12.5. The number of rotatable bonds is 7. The number of nitrogens with one attached hydrogen (secondary N) is 1. The second-order valence-electron chi connectivity index (χ2n) is 5.65. The first-order valence-corrected chi connectivity index (χ1v) is 7.69. The number of aromatic nitrogens is 2. The predicted molar refractivity (Wildman–Crippen MR) is 102 cm³/mol. The van der Waals surface area contributed by atoms with Crippen LogP contribution < -0.4 is 11.1 Å². The Balaban J connectivity index is 0.00000264. The molecule has 0 fully saturated rings. The van der Waals surface area contributed by atoms with Crippen molar-refractivity contribution < 1.29 is 4.79 Å². The number of benzene rings is 1. The Hall–Kier alpha value is -1.56. The molecule has 0 radical (unpaired) electrons. The summed E-state index contributed by atoms with van der Waals surface area (Å²) in [7, 11) is 0. The van der Waals surface area contributed by atoms with E-state index in [1.807, 2.05) is 42.8 Å². The highest BCUT2D eigenvalue weighted by molar-refractivity contribution is 5.85. The molecule has 2 aromatic rings. The number of halogens is 2. The van der Waals surface area contributed by atoms with Gasteiger partial charge >= 0.3 is 0 Å². The van der Waals surface area contributed by atoms with Crippen LogP contribution in [-0.2, 0) is 17.8 Å². The van der Waals surface area contributed by atoms with E-state index in [4.69, 9.17) is 5.73 Å². The van der Waals surface area contributed by atoms with Gasteiger partial charge in [-0.05, 0) is 18.9 Å². The average molecular weight is 373 g/mol. The monoisotopic (exact) mass is 372 g/mol. The predicted octanol–water partition coefficient (Wildman–Crippen LogP) is 2.56.